The summed E-state index contributed by atoms with van der Waals surface area (Å²) < 4.78 is 21.4. The van der Waals surface area contributed by atoms with Gasteiger partial charge in [-0.3, -0.25) is 0 Å². The maximum Gasteiger partial charge on any atom is 0.129 e. The molecule has 20 heavy (non-hydrogen) atoms. The van der Waals surface area contributed by atoms with Gasteiger partial charge in [0.15, 0.2) is 0 Å². The lowest BCUT2D eigenvalue weighted by atomic mass is 9.96. The molecule has 0 saturated carbocycles. The van der Waals surface area contributed by atoms with E-state index in [-0.39, 0.29) is 5.82 Å². The predicted molar refractivity (Wildman–Crippen MR) is 83.5 cm³/mol. The molecule has 104 valence electrons. The summed E-state index contributed by atoms with van der Waals surface area (Å²) in [7, 11) is 0. The maximum atomic E-state index is 14.1. The van der Waals surface area contributed by atoms with Crippen molar-refractivity contribution in [3.05, 3.63) is 61.8 Å². The summed E-state index contributed by atoms with van der Waals surface area (Å²) >= 11 is 6.72. The van der Waals surface area contributed by atoms with Crippen LogP contribution in [-0.2, 0) is 6.42 Å². The summed E-state index contributed by atoms with van der Waals surface area (Å²) in [6.45, 7) is 0.647. The fourth-order valence-electron chi connectivity index (χ4n) is 2.45. The molecule has 0 amide bonds. The first kappa shape index (κ1) is 14.0. The summed E-state index contributed by atoms with van der Waals surface area (Å²) in [6, 6.07) is 8.29. The summed E-state index contributed by atoms with van der Waals surface area (Å²) in [5.41, 5.74) is 8.64. The normalized spacial score (nSPS) is 14.8. The standard InChI is InChI=1S/C15H12Br2FNO/c16-9-1-2-11(13(18)7-9)14(19)12-6-10(17)5-8-3-4-20-15(8)12/h1-2,5-7,14H,3-4,19H2. The van der Waals surface area contributed by atoms with Crippen molar-refractivity contribution < 1.29 is 9.13 Å². The molecule has 0 aliphatic carbocycles. The van der Waals surface area contributed by atoms with E-state index in [1.54, 1.807) is 12.1 Å². The molecule has 3 rings (SSSR count). The molecule has 0 saturated heterocycles. The molecule has 2 nitrogen and oxygen atoms in total. The van der Waals surface area contributed by atoms with Crippen molar-refractivity contribution in [2.45, 2.75) is 12.5 Å². The second-order valence-electron chi connectivity index (χ2n) is 4.73. The topological polar surface area (TPSA) is 35.2 Å². The first-order valence-electron chi connectivity index (χ1n) is 6.22. The quantitative estimate of drug-likeness (QED) is 0.813. The van der Waals surface area contributed by atoms with Gasteiger partial charge in [0.1, 0.15) is 11.6 Å². The zero-order valence-electron chi connectivity index (χ0n) is 10.5. The lowest BCUT2D eigenvalue weighted by Crippen LogP contribution is -2.14. The van der Waals surface area contributed by atoms with Crippen molar-refractivity contribution >= 4 is 31.9 Å². The molecule has 0 spiro atoms. The molecule has 2 aromatic rings. The van der Waals surface area contributed by atoms with Crippen molar-refractivity contribution in [3.63, 3.8) is 0 Å². The molecule has 0 aromatic heterocycles. The number of ether oxygens (including phenoxy) is 1. The molecule has 2 aromatic carbocycles. The monoisotopic (exact) mass is 399 g/mol. The fraction of sp³-hybridized carbons (Fsp3) is 0.200. The number of nitrogens with two attached hydrogens (primary N) is 1. The van der Waals surface area contributed by atoms with Gasteiger partial charge in [-0.1, -0.05) is 37.9 Å². The van der Waals surface area contributed by atoms with Crippen LogP contribution < -0.4 is 10.5 Å². The third-order valence-electron chi connectivity index (χ3n) is 3.41. The van der Waals surface area contributed by atoms with Gasteiger partial charge in [-0.05, 0) is 29.8 Å². The van der Waals surface area contributed by atoms with Gasteiger partial charge < -0.3 is 10.5 Å². The van der Waals surface area contributed by atoms with E-state index >= 15 is 0 Å². The first-order chi connectivity index (χ1) is 9.56. The molecule has 1 heterocycles. The van der Waals surface area contributed by atoms with Crippen LogP contribution in [0, 0.1) is 5.82 Å². The number of rotatable bonds is 2. The molecule has 0 radical (unpaired) electrons. The molecule has 1 aliphatic heterocycles. The van der Waals surface area contributed by atoms with Crippen LogP contribution in [0.15, 0.2) is 39.3 Å². The summed E-state index contributed by atoms with van der Waals surface area (Å²) in [4.78, 5) is 0. The minimum absolute atomic E-state index is 0.321. The fourth-order valence-corrected chi connectivity index (χ4v) is 3.31. The Hall–Kier alpha value is -0.910. The Morgan fingerprint density at radius 2 is 1.90 bits per heavy atom. The van der Waals surface area contributed by atoms with E-state index in [2.05, 4.69) is 31.9 Å². The number of fused-ring (bicyclic) bond motifs is 1. The highest BCUT2D eigenvalue weighted by molar-refractivity contribution is 9.10. The van der Waals surface area contributed by atoms with Crippen LogP contribution in [0.3, 0.4) is 0 Å². The molecule has 1 unspecified atom stereocenters. The van der Waals surface area contributed by atoms with Crippen LogP contribution >= 0.6 is 31.9 Å². The van der Waals surface area contributed by atoms with Crippen LogP contribution in [-0.4, -0.2) is 6.61 Å². The summed E-state index contributed by atoms with van der Waals surface area (Å²) in [5.74, 6) is 0.474. The Balaban J connectivity index is 2.09. The van der Waals surface area contributed by atoms with E-state index in [1.807, 2.05) is 12.1 Å². The molecule has 2 N–H and O–H groups in total. The Kier molecular flexibility index (Phi) is 3.84. The van der Waals surface area contributed by atoms with Gasteiger partial charge in [0.05, 0.1) is 12.6 Å². The van der Waals surface area contributed by atoms with Crippen LogP contribution in [0.4, 0.5) is 4.39 Å². The largest absolute Gasteiger partial charge is 0.493 e. The summed E-state index contributed by atoms with van der Waals surface area (Å²) in [6.07, 6.45) is 0.858. The maximum absolute atomic E-state index is 14.1. The van der Waals surface area contributed by atoms with Crippen LogP contribution in [0.1, 0.15) is 22.7 Å². The Morgan fingerprint density at radius 3 is 2.65 bits per heavy atom. The van der Waals surface area contributed by atoms with Crippen molar-refractivity contribution in [3.8, 4) is 5.75 Å². The highest BCUT2D eigenvalue weighted by atomic mass is 79.9. The van der Waals surface area contributed by atoms with E-state index in [9.17, 15) is 4.39 Å². The van der Waals surface area contributed by atoms with Gasteiger partial charge in [-0.25, -0.2) is 4.39 Å². The highest BCUT2D eigenvalue weighted by Gasteiger charge is 2.23. The molecule has 0 bridgehead atoms. The first-order valence-corrected chi connectivity index (χ1v) is 7.80. The van der Waals surface area contributed by atoms with Crippen molar-refractivity contribution in [1.82, 2.24) is 0 Å². The highest BCUT2D eigenvalue weighted by Crippen LogP contribution is 2.38. The van der Waals surface area contributed by atoms with Gasteiger partial charge in [0, 0.05) is 26.5 Å². The van der Waals surface area contributed by atoms with Gasteiger partial charge in [-0.2, -0.15) is 0 Å². The van der Waals surface area contributed by atoms with E-state index in [1.165, 1.54) is 6.07 Å². The van der Waals surface area contributed by atoms with E-state index in [0.29, 0.717) is 16.6 Å². The lowest BCUT2D eigenvalue weighted by Gasteiger charge is -2.17. The van der Waals surface area contributed by atoms with Gasteiger partial charge >= 0.3 is 0 Å². The molecular weight excluding hydrogens is 389 g/mol. The molecule has 5 heteroatoms. The van der Waals surface area contributed by atoms with Gasteiger partial charge in [0.25, 0.3) is 0 Å². The molecule has 1 aliphatic rings. The van der Waals surface area contributed by atoms with E-state index in [4.69, 9.17) is 10.5 Å². The Bertz CT molecular complexity index is 675. The lowest BCUT2D eigenvalue weighted by molar-refractivity contribution is 0.352. The SMILES string of the molecule is NC(c1ccc(Br)cc1F)c1cc(Br)cc2c1OCC2. The third-order valence-corrected chi connectivity index (χ3v) is 4.36. The average Bonchev–Trinajstić information content (AvgIpc) is 2.85. The Labute approximate surface area is 133 Å². The zero-order valence-corrected chi connectivity index (χ0v) is 13.7. The summed E-state index contributed by atoms with van der Waals surface area (Å²) in [5, 5.41) is 0. The van der Waals surface area contributed by atoms with E-state index < -0.39 is 6.04 Å². The van der Waals surface area contributed by atoms with Crippen LogP contribution in [0.25, 0.3) is 0 Å². The third kappa shape index (κ3) is 2.50. The number of halogens is 3. The van der Waals surface area contributed by atoms with E-state index in [0.717, 1.165) is 27.8 Å². The number of hydrogen-bond donors (Lipinski definition) is 1. The minimum atomic E-state index is -0.549. The van der Waals surface area contributed by atoms with Crippen LogP contribution in [0.5, 0.6) is 5.75 Å². The predicted octanol–water partition coefficient (Wildman–Crippen LogP) is 4.33. The number of benzene rings is 2. The zero-order chi connectivity index (χ0) is 14.3. The van der Waals surface area contributed by atoms with Crippen molar-refractivity contribution in [1.29, 1.82) is 0 Å². The van der Waals surface area contributed by atoms with Gasteiger partial charge in [-0.15, -0.1) is 0 Å². The second-order valence-corrected chi connectivity index (χ2v) is 6.56. The van der Waals surface area contributed by atoms with Crippen molar-refractivity contribution in [2.75, 3.05) is 6.61 Å². The molecular formula is C15H12Br2FNO. The molecule has 1 atom stereocenters. The second kappa shape index (κ2) is 5.47. The minimum Gasteiger partial charge on any atom is -0.493 e. The van der Waals surface area contributed by atoms with Crippen molar-refractivity contribution in [2.24, 2.45) is 5.73 Å². The molecule has 0 fully saturated rings. The van der Waals surface area contributed by atoms with Gasteiger partial charge in [0.2, 0.25) is 0 Å². The Morgan fingerprint density at radius 1 is 1.10 bits per heavy atom. The number of hydrogen-bond acceptors (Lipinski definition) is 2. The van der Waals surface area contributed by atoms with Crippen LogP contribution in [0.2, 0.25) is 0 Å². The smallest absolute Gasteiger partial charge is 0.129 e. The average molecular weight is 401 g/mol.